The number of primary amides is 2. The zero-order valence-corrected chi connectivity index (χ0v) is 48.8. The molecule has 464 valence electrons. The van der Waals surface area contributed by atoms with E-state index in [1.165, 1.54) is 31.6 Å². The van der Waals surface area contributed by atoms with Gasteiger partial charge < -0.3 is 79.9 Å². The first-order valence-electron chi connectivity index (χ1n) is 28.1. The van der Waals surface area contributed by atoms with Crippen molar-refractivity contribution in [3.63, 3.8) is 0 Å². The van der Waals surface area contributed by atoms with Crippen LogP contribution in [0.4, 0.5) is 0 Å². The van der Waals surface area contributed by atoms with Crippen molar-refractivity contribution in [3.8, 4) is 5.75 Å². The number of nitrogens with two attached hydrogens (primary N) is 3. The molecule has 18 N–H and O–H groups in total. The number of nitrogens with one attached hydrogen (secondary N) is 10. The lowest BCUT2D eigenvalue weighted by Crippen LogP contribution is -2.59. The lowest BCUT2D eigenvalue weighted by Gasteiger charge is -2.26. The number of aromatic amines is 2. The van der Waals surface area contributed by atoms with E-state index in [2.05, 4.69) is 57.5 Å². The van der Waals surface area contributed by atoms with Gasteiger partial charge in [0.1, 0.15) is 48.0 Å². The van der Waals surface area contributed by atoms with Crippen LogP contribution in [0.2, 0.25) is 0 Å². The lowest BCUT2D eigenvalue weighted by atomic mass is 10.0. The summed E-state index contributed by atoms with van der Waals surface area (Å²) in [6, 6.07) is 12.4. The fraction of sp³-hybridized carbons (Fsp3) is 0.424. The Hall–Kier alpha value is -9.66. The van der Waals surface area contributed by atoms with Gasteiger partial charge in [0.15, 0.2) is 0 Å². The van der Waals surface area contributed by atoms with Gasteiger partial charge in [-0.05, 0) is 67.0 Å². The van der Waals surface area contributed by atoms with Crippen LogP contribution in [0.15, 0.2) is 97.6 Å². The highest BCUT2D eigenvalue weighted by molar-refractivity contribution is 5.97. The average Bonchev–Trinajstić information content (AvgIpc) is 3.18. The summed E-state index contributed by atoms with van der Waals surface area (Å²) in [5, 5.41) is 39.1. The quantitative estimate of drug-likeness (QED) is 0.0259. The van der Waals surface area contributed by atoms with Gasteiger partial charge in [0, 0.05) is 74.6 Å². The number of aliphatic carboxylic acids is 1. The van der Waals surface area contributed by atoms with Crippen molar-refractivity contribution >= 4 is 75.9 Å². The van der Waals surface area contributed by atoms with Gasteiger partial charge in [0.2, 0.25) is 59.1 Å². The molecule has 10 amide bonds. The first kappa shape index (κ1) is 68.8. The van der Waals surface area contributed by atoms with E-state index in [0.717, 1.165) is 24.2 Å². The zero-order chi connectivity index (χ0) is 63.5. The molecule has 0 aliphatic carbocycles. The molecule has 8 unspecified atom stereocenters. The van der Waals surface area contributed by atoms with E-state index in [-0.39, 0.29) is 57.2 Å². The number of hydrogen-bond donors (Lipinski definition) is 15. The minimum absolute atomic E-state index is 0.0160. The van der Waals surface area contributed by atoms with Crippen molar-refractivity contribution in [2.75, 3.05) is 6.54 Å². The number of fused-ring (bicyclic) bond motifs is 1. The van der Waals surface area contributed by atoms with Crippen molar-refractivity contribution in [2.24, 2.45) is 23.1 Å². The highest BCUT2D eigenvalue weighted by Crippen LogP contribution is 2.20. The van der Waals surface area contributed by atoms with Crippen LogP contribution in [0.1, 0.15) is 95.5 Å². The number of imidazole rings is 1. The minimum atomic E-state index is -1.38. The Kier molecular flexibility index (Phi) is 27.9. The second kappa shape index (κ2) is 34.8. The average molecular weight is 1190 g/mol. The number of para-hydroxylation sites is 1. The summed E-state index contributed by atoms with van der Waals surface area (Å²) in [5.41, 5.74) is 20.4. The molecule has 0 fully saturated rings. The highest BCUT2D eigenvalue weighted by Gasteiger charge is 2.34. The number of carboxylic acid groups (broad SMARTS) is 1. The molecule has 2 heterocycles. The Morgan fingerprint density at radius 3 is 1.77 bits per heavy atom. The largest absolute Gasteiger partial charge is 0.508 e. The predicted molar refractivity (Wildman–Crippen MR) is 316 cm³/mol. The maximum atomic E-state index is 14.2. The molecule has 0 aliphatic heterocycles. The maximum Gasteiger partial charge on any atom is 0.300 e. The van der Waals surface area contributed by atoms with Gasteiger partial charge in [-0.15, -0.1) is 0 Å². The van der Waals surface area contributed by atoms with Crippen LogP contribution >= 0.6 is 0 Å². The first-order valence-corrected chi connectivity index (χ1v) is 28.1. The Labute approximate surface area is 497 Å². The third kappa shape index (κ3) is 23.5. The summed E-state index contributed by atoms with van der Waals surface area (Å²) < 4.78 is 0. The van der Waals surface area contributed by atoms with Gasteiger partial charge in [-0.1, -0.05) is 94.3 Å². The van der Waals surface area contributed by atoms with Gasteiger partial charge in [-0.2, -0.15) is 0 Å². The number of amides is 10. The van der Waals surface area contributed by atoms with Crippen LogP contribution in [-0.4, -0.2) is 145 Å². The van der Waals surface area contributed by atoms with Crippen LogP contribution in [-0.2, 0) is 78.4 Å². The molecule has 8 atom stereocenters. The Morgan fingerprint density at radius 2 is 1.16 bits per heavy atom. The molecule has 0 saturated heterocycles. The van der Waals surface area contributed by atoms with Crippen LogP contribution < -0.4 is 59.7 Å². The van der Waals surface area contributed by atoms with Gasteiger partial charge in [0.05, 0.1) is 12.4 Å². The third-order valence-electron chi connectivity index (χ3n) is 13.5. The first-order chi connectivity index (χ1) is 40.8. The number of carboxylic acids is 1. The van der Waals surface area contributed by atoms with Gasteiger partial charge >= 0.3 is 0 Å². The summed E-state index contributed by atoms with van der Waals surface area (Å²) in [4.78, 5) is 154. The van der Waals surface area contributed by atoms with E-state index in [9.17, 15) is 53.1 Å². The molecule has 27 nitrogen and oxygen atoms in total. The number of benzene rings is 3. The molecule has 0 aliphatic rings. The number of aromatic nitrogens is 3. The fourth-order valence-electron chi connectivity index (χ4n) is 8.81. The molecule has 27 heteroatoms. The van der Waals surface area contributed by atoms with Gasteiger partial charge in [-0.3, -0.25) is 52.7 Å². The molecule has 5 aromatic rings. The van der Waals surface area contributed by atoms with Crippen LogP contribution in [0, 0.1) is 5.92 Å². The lowest BCUT2D eigenvalue weighted by molar-refractivity contribution is -0.135. The second-order valence-electron chi connectivity index (χ2n) is 20.9. The standard InChI is InChI=1S/C57H76N14O11.C2H4O2/c1-5-6-15-42(50(60)75)67-55(80)44(26-34-12-8-7-9-13-34)69-56(81)46(28-37-30-61-31-64-37)66-48(74)23-24-62-57(82)49(32(2)3)71-51(76)33(4)65-54(79)45(27-36-29-63-41-16-11-10-14-39(36)41)70-53(78)43(21-22-47(59)73)68-52(77)40(58)25-35-17-19-38(72)20-18-35;1-2(3)4/h7-14,16-20,29-33,40,42-46,49,63,72H,5-6,15,21-28,58H2,1-4H3,(H2,59,73)(H2,60,75)(H,61,64)(H,62,82)(H,65,79)(H,66,74)(H,67,80)(H,68,77)(H,69,81)(H,70,78)(H,71,76);1H3,(H,3,4). The van der Waals surface area contributed by atoms with E-state index >= 15 is 0 Å². The number of carbonyl (C=O) groups is 11. The van der Waals surface area contributed by atoms with Gasteiger partial charge in [-0.25, -0.2) is 4.98 Å². The number of phenols is 1. The van der Waals surface area contributed by atoms with Gasteiger partial charge in [0.25, 0.3) is 5.97 Å². The molecule has 0 radical (unpaired) electrons. The number of unbranched alkanes of at least 4 members (excludes halogenated alkanes) is 1. The number of carbonyl (C=O) groups excluding carboxylic acids is 10. The number of aromatic hydroxyl groups is 1. The van der Waals surface area contributed by atoms with E-state index in [1.54, 1.807) is 68.6 Å². The van der Waals surface area contributed by atoms with Crippen LogP contribution in [0.5, 0.6) is 5.75 Å². The molecule has 0 saturated carbocycles. The Balaban J connectivity index is 0.00000383. The van der Waals surface area contributed by atoms with Crippen molar-refractivity contribution in [2.45, 2.75) is 147 Å². The Morgan fingerprint density at radius 1 is 0.593 bits per heavy atom. The molecule has 5 rings (SSSR count). The van der Waals surface area contributed by atoms with Crippen LogP contribution in [0.25, 0.3) is 10.9 Å². The molecule has 0 spiro atoms. The summed E-state index contributed by atoms with van der Waals surface area (Å²) in [6.45, 7) is 7.49. The fourth-order valence-corrected chi connectivity index (χ4v) is 8.81. The normalized spacial score (nSPS) is 13.7. The number of hydrogen-bond acceptors (Lipinski definition) is 14. The van der Waals surface area contributed by atoms with Crippen molar-refractivity contribution < 1.29 is 63.0 Å². The molecular weight excluding hydrogens is 1110 g/mol. The number of H-pyrrole nitrogens is 2. The molecule has 0 bridgehead atoms. The number of rotatable bonds is 33. The van der Waals surface area contributed by atoms with E-state index in [4.69, 9.17) is 27.1 Å². The smallest absolute Gasteiger partial charge is 0.300 e. The second-order valence-corrected chi connectivity index (χ2v) is 20.9. The summed E-state index contributed by atoms with van der Waals surface area (Å²) in [6.07, 6.45) is 5.24. The minimum Gasteiger partial charge on any atom is -0.508 e. The SMILES string of the molecule is CC(=O)O.CCCCC(NC(=O)C(Cc1ccccc1)NC(=O)C(Cc1cnc[nH]1)NC(=O)CCNC(=O)C(NC(=O)C(C)NC(=O)C(Cc1c[nH]c2ccccc12)NC(=O)C(CCC(N)=O)NC(=O)C(N)Cc1ccc(O)cc1)C(C)C)C(N)=O. The summed E-state index contributed by atoms with van der Waals surface area (Å²) in [5.74, 6) is -8.67. The van der Waals surface area contributed by atoms with Crippen LogP contribution in [0.3, 0.4) is 0 Å². The molecule has 3 aromatic carbocycles. The van der Waals surface area contributed by atoms with Crippen molar-refractivity contribution in [1.29, 1.82) is 0 Å². The van der Waals surface area contributed by atoms with E-state index < -0.39 is 119 Å². The summed E-state index contributed by atoms with van der Waals surface area (Å²) in [7, 11) is 0. The molecular formula is C59H80N14O13. The third-order valence-corrected chi connectivity index (χ3v) is 13.5. The predicted octanol–water partition coefficient (Wildman–Crippen LogP) is -0.198. The Bertz CT molecular complexity index is 3080. The number of phenolic OH excluding ortho intramolecular Hbond substituents is 1. The zero-order valence-electron chi connectivity index (χ0n) is 48.8. The monoisotopic (exact) mass is 1190 g/mol. The van der Waals surface area contributed by atoms with Crippen molar-refractivity contribution in [3.05, 3.63) is 120 Å². The van der Waals surface area contributed by atoms with Crippen molar-refractivity contribution in [1.82, 2.24) is 57.5 Å². The van der Waals surface area contributed by atoms with E-state index in [1.807, 2.05) is 25.1 Å². The number of nitrogens with zero attached hydrogens (tertiary/aromatic N) is 1. The maximum absolute atomic E-state index is 14.2. The highest BCUT2D eigenvalue weighted by atomic mass is 16.4. The van der Waals surface area contributed by atoms with E-state index in [0.29, 0.717) is 35.2 Å². The topological polar surface area (TPSA) is 447 Å². The summed E-state index contributed by atoms with van der Waals surface area (Å²) >= 11 is 0. The molecule has 86 heavy (non-hydrogen) atoms. The molecule has 2 aromatic heterocycles.